The molecule has 0 saturated heterocycles. The van der Waals surface area contributed by atoms with Gasteiger partial charge in [-0.05, 0) is 48.9 Å². The highest BCUT2D eigenvalue weighted by Crippen LogP contribution is 2.28. The highest BCUT2D eigenvalue weighted by atomic mass is 32.2. The third kappa shape index (κ3) is 2.78. The van der Waals surface area contributed by atoms with Gasteiger partial charge in [-0.25, -0.2) is 0 Å². The number of fused-ring (bicyclic) bond motifs is 1. The van der Waals surface area contributed by atoms with Crippen LogP contribution in [0.4, 0.5) is 0 Å². The van der Waals surface area contributed by atoms with Crippen LogP contribution in [0, 0.1) is 0 Å². The van der Waals surface area contributed by atoms with Gasteiger partial charge in [0.1, 0.15) is 5.75 Å². The summed E-state index contributed by atoms with van der Waals surface area (Å²) in [6.07, 6.45) is 3.48. The van der Waals surface area contributed by atoms with Gasteiger partial charge in [0.15, 0.2) is 5.82 Å². The van der Waals surface area contributed by atoms with Gasteiger partial charge >= 0.3 is 0 Å². The molecule has 120 valence electrons. The molecule has 0 bridgehead atoms. The van der Waals surface area contributed by atoms with Crippen LogP contribution in [0.1, 0.15) is 12.5 Å². The fourth-order valence-electron chi connectivity index (χ4n) is 2.46. The van der Waals surface area contributed by atoms with Gasteiger partial charge in [0.2, 0.25) is 5.16 Å². The molecule has 2 aromatic heterocycles. The van der Waals surface area contributed by atoms with Crippen molar-refractivity contribution in [3.8, 4) is 17.1 Å². The van der Waals surface area contributed by atoms with Crippen LogP contribution in [-0.2, 0) is 0 Å². The molecular formula is C17H15N5OS. The predicted molar refractivity (Wildman–Crippen MR) is 93.5 cm³/mol. The summed E-state index contributed by atoms with van der Waals surface area (Å²) in [6.45, 7) is 2.64. The number of pyridine rings is 1. The molecule has 1 aliphatic heterocycles. The third-order valence-electron chi connectivity index (χ3n) is 3.61. The number of hydrogen-bond acceptors (Lipinski definition) is 6. The van der Waals surface area contributed by atoms with Crippen LogP contribution in [0.2, 0.25) is 0 Å². The van der Waals surface area contributed by atoms with Gasteiger partial charge in [0.25, 0.3) is 0 Å². The second-order valence-electron chi connectivity index (χ2n) is 5.15. The second-order valence-corrected chi connectivity index (χ2v) is 6.09. The first-order chi connectivity index (χ1) is 11.8. The van der Waals surface area contributed by atoms with E-state index in [2.05, 4.69) is 15.2 Å². The van der Waals surface area contributed by atoms with Crippen LogP contribution in [0.15, 0.2) is 59.0 Å². The van der Waals surface area contributed by atoms with Crippen molar-refractivity contribution in [1.82, 2.24) is 19.9 Å². The molecule has 0 atom stereocenters. The molecular weight excluding hydrogens is 322 g/mol. The predicted octanol–water partition coefficient (Wildman–Crippen LogP) is 3.10. The lowest BCUT2D eigenvalue weighted by Gasteiger charge is -2.14. The van der Waals surface area contributed by atoms with Crippen LogP contribution < -0.4 is 4.74 Å². The van der Waals surface area contributed by atoms with Gasteiger partial charge in [0, 0.05) is 23.7 Å². The maximum Gasteiger partial charge on any atom is 0.212 e. The number of rotatable bonds is 4. The summed E-state index contributed by atoms with van der Waals surface area (Å²) in [7, 11) is 0. The van der Waals surface area contributed by atoms with Crippen molar-refractivity contribution in [2.24, 2.45) is 5.10 Å². The number of ether oxygens (including phenoxy) is 1. The third-order valence-corrected chi connectivity index (χ3v) is 4.54. The molecule has 0 unspecified atom stereocenters. The standard InChI is InChI=1S/C17H15N5OS/c1-2-23-14-5-3-12(4-6-14)15-11-24-17-20-19-16(22(17)21-15)13-7-9-18-10-8-13/h3-10H,2,11H2,1H3. The lowest BCUT2D eigenvalue weighted by Crippen LogP contribution is -2.13. The molecule has 0 N–H and O–H groups in total. The Bertz CT molecular complexity index is 874. The van der Waals surface area contributed by atoms with Crippen LogP contribution in [0.3, 0.4) is 0 Å². The minimum absolute atomic E-state index is 0.662. The van der Waals surface area contributed by atoms with E-state index in [4.69, 9.17) is 9.84 Å². The van der Waals surface area contributed by atoms with E-state index in [0.29, 0.717) is 6.61 Å². The molecule has 0 saturated carbocycles. The van der Waals surface area contributed by atoms with E-state index in [9.17, 15) is 0 Å². The molecule has 1 aliphatic rings. The molecule has 6 nitrogen and oxygen atoms in total. The first-order valence-electron chi connectivity index (χ1n) is 7.65. The Labute approximate surface area is 143 Å². The summed E-state index contributed by atoms with van der Waals surface area (Å²) in [5.74, 6) is 2.36. The zero-order valence-electron chi connectivity index (χ0n) is 13.1. The number of thioether (sulfide) groups is 1. The molecule has 1 aromatic carbocycles. The average Bonchev–Trinajstić information content (AvgIpc) is 3.06. The molecule has 0 spiro atoms. The molecule has 0 aliphatic carbocycles. The number of benzene rings is 1. The van der Waals surface area contributed by atoms with Crippen molar-refractivity contribution in [2.45, 2.75) is 12.1 Å². The van der Waals surface area contributed by atoms with E-state index in [1.165, 1.54) is 0 Å². The molecule has 24 heavy (non-hydrogen) atoms. The fraction of sp³-hybridized carbons (Fsp3) is 0.176. The van der Waals surface area contributed by atoms with E-state index in [1.54, 1.807) is 28.8 Å². The first kappa shape index (κ1) is 14.9. The molecule has 3 aromatic rings. The van der Waals surface area contributed by atoms with Gasteiger partial charge in [-0.15, -0.1) is 10.2 Å². The molecule has 0 fully saturated rings. The van der Waals surface area contributed by atoms with Crippen molar-refractivity contribution >= 4 is 17.5 Å². The van der Waals surface area contributed by atoms with Crippen LogP contribution in [0.5, 0.6) is 5.75 Å². The Hall–Kier alpha value is -2.67. The van der Waals surface area contributed by atoms with Gasteiger partial charge in [-0.2, -0.15) is 9.78 Å². The van der Waals surface area contributed by atoms with Crippen molar-refractivity contribution in [2.75, 3.05) is 12.4 Å². The van der Waals surface area contributed by atoms with Crippen LogP contribution >= 0.6 is 11.8 Å². The lowest BCUT2D eigenvalue weighted by atomic mass is 10.1. The average molecular weight is 337 g/mol. The Morgan fingerprint density at radius 1 is 1.04 bits per heavy atom. The summed E-state index contributed by atoms with van der Waals surface area (Å²) in [5, 5.41) is 14.1. The maximum atomic E-state index is 5.49. The van der Waals surface area contributed by atoms with E-state index in [-0.39, 0.29) is 0 Å². The zero-order chi connectivity index (χ0) is 16.4. The monoisotopic (exact) mass is 337 g/mol. The van der Waals surface area contributed by atoms with Crippen molar-refractivity contribution < 1.29 is 4.74 Å². The molecule has 0 radical (unpaired) electrons. The SMILES string of the molecule is CCOc1ccc(C2=Nn3c(nnc3-c3ccncc3)SC2)cc1. The highest BCUT2D eigenvalue weighted by molar-refractivity contribution is 7.99. The normalized spacial score (nSPS) is 13.3. The number of nitrogens with zero attached hydrogens (tertiary/aromatic N) is 5. The minimum atomic E-state index is 0.662. The summed E-state index contributed by atoms with van der Waals surface area (Å²) < 4.78 is 7.29. The summed E-state index contributed by atoms with van der Waals surface area (Å²) in [4.78, 5) is 4.04. The summed E-state index contributed by atoms with van der Waals surface area (Å²) in [5.41, 5.74) is 3.01. The molecule has 7 heteroatoms. The second kappa shape index (κ2) is 6.45. The van der Waals surface area contributed by atoms with Gasteiger partial charge < -0.3 is 4.74 Å². The summed E-state index contributed by atoms with van der Waals surface area (Å²) in [6, 6.07) is 11.8. The summed E-state index contributed by atoms with van der Waals surface area (Å²) >= 11 is 1.63. The number of hydrogen-bond donors (Lipinski definition) is 0. The highest BCUT2D eigenvalue weighted by Gasteiger charge is 2.20. The Kier molecular flexibility index (Phi) is 4.00. The van der Waals surface area contributed by atoms with Crippen molar-refractivity contribution in [1.29, 1.82) is 0 Å². The van der Waals surface area contributed by atoms with E-state index in [0.717, 1.165) is 39.3 Å². The quantitative estimate of drug-likeness (QED) is 0.732. The first-order valence-corrected chi connectivity index (χ1v) is 8.63. The van der Waals surface area contributed by atoms with Gasteiger partial charge in [-0.3, -0.25) is 4.98 Å². The van der Waals surface area contributed by atoms with Gasteiger partial charge in [0.05, 0.1) is 12.3 Å². The topological polar surface area (TPSA) is 65.2 Å². The zero-order valence-corrected chi connectivity index (χ0v) is 13.9. The van der Waals surface area contributed by atoms with Crippen molar-refractivity contribution in [3.63, 3.8) is 0 Å². The van der Waals surface area contributed by atoms with Crippen LogP contribution in [0.25, 0.3) is 11.4 Å². The van der Waals surface area contributed by atoms with E-state index >= 15 is 0 Å². The van der Waals surface area contributed by atoms with Gasteiger partial charge in [-0.1, -0.05) is 11.8 Å². The minimum Gasteiger partial charge on any atom is -0.494 e. The molecule has 3 heterocycles. The Morgan fingerprint density at radius 3 is 2.58 bits per heavy atom. The maximum absolute atomic E-state index is 5.49. The molecule has 4 rings (SSSR count). The lowest BCUT2D eigenvalue weighted by molar-refractivity contribution is 0.340. The van der Waals surface area contributed by atoms with Crippen LogP contribution in [-0.4, -0.2) is 37.9 Å². The van der Waals surface area contributed by atoms with E-state index < -0.39 is 0 Å². The Morgan fingerprint density at radius 2 is 1.83 bits per heavy atom. The molecule has 0 amide bonds. The fourth-order valence-corrected chi connectivity index (χ4v) is 3.30. The van der Waals surface area contributed by atoms with E-state index in [1.807, 2.05) is 43.3 Å². The number of aromatic nitrogens is 4. The van der Waals surface area contributed by atoms with Crippen molar-refractivity contribution in [3.05, 3.63) is 54.4 Å². The Balaban J connectivity index is 1.70. The largest absolute Gasteiger partial charge is 0.494 e. The smallest absolute Gasteiger partial charge is 0.212 e.